The Labute approximate surface area is 119 Å². The molecule has 1 rings (SSSR count). The molecule has 2 N–H and O–H groups in total. The maximum absolute atomic E-state index is 9.61. The SMILES string of the molecule is CCNC(C)(CO)CC(C)N1CCCC(N(C)C)C1. The summed E-state index contributed by atoms with van der Waals surface area (Å²) in [5.41, 5.74) is -0.154. The van der Waals surface area contributed by atoms with Gasteiger partial charge < -0.3 is 15.3 Å². The average molecular weight is 271 g/mol. The van der Waals surface area contributed by atoms with Gasteiger partial charge in [-0.05, 0) is 60.3 Å². The van der Waals surface area contributed by atoms with Gasteiger partial charge in [0.1, 0.15) is 0 Å². The van der Waals surface area contributed by atoms with Crippen LogP contribution in [-0.4, -0.2) is 72.9 Å². The minimum atomic E-state index is -0.154. The average Bonchev–Trinajstić information content (AvgIpc) is 2.39. The minimum Gasteiger partial charge on any atom is -0.394 e. The molecule has 1 aliphatic rings. The molecule has 0 amide bonds. The van der Waals surface area contributed by atoms with Crippen molar-refractivity contribution in [1.82, 2.24) is 15.1 Å². The predicted octanol–water partition coefficient (Wildman–Crippen LogP) is 1.15. The molecule has 1 saturated heterocycles. The highest BCUT2D eigenvalue weighted by Crippen LogP contribution is 2.21. The molecule has 0 spiro atoms. The topological polar surface area (TPSA) is 38.7 Å². The summed E-state index contributed by atoms with van der Waals surface area (Å²) in [4.78, 5) is 4.92. The van der Waals surface area contributed by atoms with Gasteiger partial charge in [-0.2, -0.15) is 0 Å². The minimum absolute atomic E-state index is 0.154. The molecule has 0 radical (unpaired) electrons. The summed E-state index contributed by atoms with van der Waals surface area (Å²) in [6.07, 6.45) is 3.59. The van der Waals surface area contributed by atoms with Gasteiger partial charge in [-0.15, -0.1) is 0 Å². The van der Waals surface area contributed by atoms with Gasteiger partial charge in [-0.25, -0.2) is 0 Å². The van der Waals surface area contributed by atoms with Gasteiger partial charge in [0.25, 0.3) is 0 Å². The third-order valence-corrected chi connectivity index (χ3v) is 4.48. The third kappa shape index (κ3) is 5.03. The Hall–Kier alpha value is -0.160. The van der Waals surface area contributed by atoms with Crippen molar-refractivity contribution in [3.05, 3.63) is 0 Å². The van der Waals surface area contributed by atoms with Crippen LogP contribution < -0.4 is 5.32 Å². The molecule has 1 heterocycles. The lowest BCUT2D eigenvalue weighted by atomic mass is 9.92. The molecule has 1 fully saturated rings. The normalized spacial score (nSPS) is 26.4. The molecular weight excluding hydrogens is 238 g/mol. The van der Waals surface area contributed by atoms with Crippen LogP contribution in [0.15, 0.2) is 0 Å². The zero-order valence-electron chi connectivity index (χ0n) is 13.4. The lowest BCUT2D eigenvalue weighted by molar-refractivity contribution is 0.0716. The monoisotopic (exact) mass is 271 g/mol. The number of aliphatic hydroxyl groups is 1. The number of nitrogens with zero attached hydrogens (tertiary/aromatic N) is 2. The molecule has 3 unspecified atom stereocenters. The number of aliphatic hydroxyl groups excluding tert-OH is 1. The maximum Gasteiger partial charge on any atom is 0.0611 e. The Balaban J connectivity index is 2.54. The fraction of sp³-hybridized carbons (Fsp3) is 1.00. The second kappa shape index (κ2) is 7.58. The second-order valence-electron chi connectivity index (χ2n) is 6.56. The molecular formula is C15H33N3O. The van der Waals surface area contributed by atoms with E-state index in [-0.39, 0.29) is 12.1 Å². The Morgan fingerprint density at radius 2 is 2.16 bits per heavy atom. The van der Waals surface area contributed by atoms with E-state index in [1.54, 1.807) is 0 Å². The van der Waals surface area contributed by atoms with Crippen molar-refractivity contribution < 1.29 is 5.11 Å². The van der Waals surface area contributed by atoms with Crippen LogP contribution in [0.3, 0.4) is 0 Å². The van der Waals surface area contributed by atoms with Gasteiger partial charge in [0, 0.05) is 24.2 Å². The molecule has 4 nitrogen and oxygen atoms in total. The molecule has 0 saturated carbocycles. The first-order valence-electron chi connectivity index (χ1n) is 7.68. The first-order valence-corrected chi connectivity index (χ1v) is 7.68. The van der Waals surface area contributed by atoms with E-state index in [0.29, 0.717) is 12.1 Å². The number of nitrogens with one attached hydrogen (secondary N) is 1. The highest BCUT2D eigenvalue weighted by molar-refractivity contribution is 4.89. The Kier molecular flexibility index (Phi) is 6.74. The maximum atomic E-state index is 9.61. The van der Waals surface area contributed by atoms with Gasteiger partial charge in [0.15, 0.2) is 0 Å². The summed E-state index contributed by atoms with van der Waals surface area (Å²) in [5, 5.41) is 13.0. The highest BCUT2D eigenvalue weighted by Gasteiger charge is 2.30. The zero-order valence-corrected chi connectivity index (χ0v) is 13.4. The second-order valence-corrected chi connectivity index (χ2v) is 6.56. The lowest BCUT2D eigenvalue weighted by Gasteiger charge is -2.42. The van der Waals surface area contributed by atoms with Crippen LogP contribution in [0.4, 0.5) is 0 Å². The Morgan fingerprint density at radius 3 is 2.68 bits per heavy atom. The van der Waals surface area contributed by atoms with Crippen LogP contribution in [-0.2, 0) is 0 Å². The highest BCUT2D eigenvalue weighted by atomic mass is 16.3. The summed E-state index contributed by atoms with van der Waals surface area (Å²) in [5.74, 6) is 0. The molecule has 0 aromatic heterocycles. The van der Waals surface area contributed by atoms with Gasteiger partial charge in [0.05, 0.1) is 6.61 Å². The molecule has 1 aliphatic heterocycles. The van der Waals surface area contributed by atoms with Gasteiger partial charge in [0.2, 0.25) is 0 Å². The molecule has 0 bridgehead atoms. The number of hydrogen-bond acceptors (Lipinski definition) is 4. The molecule has 114 valence electrons. The van der Waals surface area contributed by atoms with E-state index in [1.165, 1.54) is 19.4 Å². The van der Waals surface area contributed by atoms with Crippen molar-refractivity contribution >= 4 is 0 Å². The Bertz CT molecular complexity index is 260. The fourth-order valence-corrected chi connectivity index (χ4v) is 3.21. The van der Waals surface area contributed by atoms with Gasteiger partial charge in [-0.3, -0.25) is 4.90 Å². The summed E-state index contributed by atoms with van der Waals surface area (Å²) in [6, 6.07) is 1.19. The van der Waals surface area contributed by atoms with Crippen LogP contribution in [0.1, 0.15) is 40.0 Å². The predicted molar refractivity (Wildman–Crippen MR) is 81.5 cm³/mol. The summed E-state index contributed by atoms with van der Waals surface area (Å²) >= 11 is 0. The summed E-state index contributed by atoms with van der Waals surface area (Å²) in [7, 11) is 4.35. The molecule has 19 heavy (non-hydrogen) atoms. The fourth-order valence-electron chi connectivity index (χ4n) is 3.21. The van der Waals surface area contributed by atoms with Crippen LogP contribution in [0.5, 0.6) is 0 Å². The number of piperidine rings is 1. The summed E-state index contributed by atoms with van der Waals surface area (Å²) in [6.45, 7) is 9.98. The van der Waals surface area contributed by atoms with Crippen molar-refractivity contribution in [3.63, 3.8) is 0 Å². The quantitative estimate of drug-likeness (QED) is 0.729. The number of likely N-dealkylation sites (N-methyl/N-ethyl adjacent to an activating group) is 2. The van der Waals surface area contributed by atoms with Crippen LogP contribution in [0.2, 0.25) is 0 Å². The van der Waals surface area contributed by atoms with Crippen LogP contribution in [0.25, 0.3) is 0 Å². The number of hydrogen-bond donors (Lipinski definition) is 2. The van der Waals surface area contributed by atoms with E-state index in [4.69, 9.17) is 0 Å². The lowest BCUT2D eigenvalue weighted by Crippen LogP contribution is -2.54. The van der Waals surface area contributed by atoms with Crippen LogP contribution >= 0.6 is 0 Å². The van der Waals surface area contributed by atoms with E-state index in [0.717, 1.165) is 19.5 Å². The molecule has 0 aromatic rings. The van der Waals surface area contributed by atoms with Gasteiger partial charge >= 0.3 is 0 Å². The first kappa shape index (κ1) is 16.9. The molecule has 0 aromatic carbocycles. The molecule has 4 heteroatoms. The van der Waals surface area contributed by atoms with Gasteiger partial charge in [-0.1, -0.05) is 6.92 Å². The van der Waals surface area contributed by atoms with Crippen molar-refractivity contribution in [3.8, 4) is 0 Å². The largest absolute Gasteiger partial charge is 0.394 e. The van der Waals surface area contributed by atoms with Crippen LogP contribution in [0, 0.1) is 0 Å². The molecule has 0 aliphatic carbocycles. The third-order valence-electron chi connectivity index (χ3n) is 4.48. The Morgan fingerprint density at radius 1 is 1.47 bits per heavy atom. The van der Waals surface area contributed by atoms with Crippen molar-refractivity contribution in [2.45, 2.75) is 57.7 Å². The zero-order chi connectivity index (χ0) is 14.5. The molecule has 3 atom stereocenters. The van der Waals surface area contributed by atoms with E-state index in [2.05, 4.69) is 50.0 Å². The van der Waals surface area contributed by atoms with Crippen molar-refractivity contribution in [2.24, 2.45) is 0 Å². The number of likely N-dealkylation sites (tertiary alicyclic amines) is 1. The van der Waals surface area contributed by atoms with Crippen molar-refractivity contribution in [2.75, 3.05) is 40.3 Å². The van der Waals surface area contributed by atoms with E-state index in [1.807, 2.05) is 0 Å². The number of rotatable bonds is 7. The van der Waals surface area contributed by atoms with Crippen molar-refractivity contribution in [1.29, 1.82) is 0 Å². The first-order chi connectivity index (χ1) is 8.91. The van der Waals surface area contributed by atoms with E-state index >= 15 is 0 Å². The van der Waals surface area contributed by atoms with E-state index in [9.17, 15) is 5.11 Å². The smallest absolute Gasteiger partial charge is 0.0611 e. The van der Waals surface area contributed by atoms with E-state index < -0.39 is 0 Å². The summed E-state index contributed by atoms with van der Waals surface area (Å²) < 4.78 is 0. The standard InChI is InChI=1S/C15H33N3O/c1-6-16-15(3,12-19)10-13(2)18-9-7-8-14(11-18)17(4)5/h13-14,16,19H,6-12H2,1-5H3.